The normalized spacial score (nSPS) is 14.7. The molecule has 0 heterocycles. The van der Waals surface area contributed by atoms with Gasteiger partial charge >= 0.3 is 11.9 Å². The van der Waals surface area contributed by atoms with Crippen molar-refractivity contribution in [1.82, 2.24) is 0 Å². The molecule has 1 N–H and O–H groups in total. The summed E-state index contributed by atoms with van der Waals surface area (Å²) in [7, 11) is -4.77. The zero-order valence-corrected chi connectivity index (χ0v) is 20.0. The van der Waals surface area contributed by atoms with E-state index in [-0.39, 0.29) is 25.0 Å². The van der Waals surface area contributed by atoms with E-state index in [2.05, 4.69) is 13.8 Å². The number of hydrogen-bond acceptors (Lipinski definition) is 6. The number of rotatable bonds is 18. The van der Waals surface area contributed by atoms with Crippen LogP contribution >= 0.6 is 0 Å². The van der Waals surface area contributed by atoms with Crippen molar-refractivity contribution in [3.8, 4) is 0 Å². The highest BCUT2D eigenvalue weighted by Gasteiger charge is 2.35. The summed E-state index contributed by atoms with van der Waals surface area (Å²) < 4.78 is 42.7. The second-order valence-corrected chi connectivity index (χ2v) is 10.0. The van der Waals surface area contributed by atoms with Crippen LogP contribution in [0.3, 0.4) is 0 Å². The molecule has 0 aromatic carbocycles. The van der Waals surface area contributed by atoms with Gasteiger partial charge in [0.15, 0.2) is 5.25 Å². The van der Waals surface area contributed by atoms with Crippen LogP contribution in [0.1, 0.15) is 98.3 Å². The van der Waals surface area contributed by atoms with E-state index in [1.54, 1.807) is 0 Å². The molecule has 0 radical (unpaired) electrons. The van der Waals surface area contributed by atoms with Crippen molar-refractivity contribution in [1.29, 1.82) is 0 Å². The lowest BCUT2D eigenvalue weighted by atomic mass is 10.0. The number of ether oxygens (including phenoxy) is 2. The molecule has 8 heteroatoms. The third-order valence-corrected chi connectivity index (χ3v) is 6.19. The van der Waals surface area contributed by atoms with Crippen LogP contribution in [0.15, 0.2) is 0 Å². The van der Waals surface area contributed by atoms with Crippen molar-refractivity contribution in [2.24, 2.45) is 11.8 Å². The largest absolute Gasteiger partial charge is 0.465 e. The Morgan fingerprint density at radius 3 is 1.70 bits per heavy atom. The van der Waals surface area contributed by atoms with Gasteiger partial charge in [-0.25, -0.2) is 0 Å². The van der Waals surface area contributed by atoms with Crippen molar-refractivity contribution in [2.45, 2.75) is 104 Å². The molecule has 7 nitrogen and oxygen atoms in total. The van der Waals surface area contributed by atoms with Crippen molar-refractivity contribution in [3.63, 3.8) is 0 Å². The first kappa shape index (κ1) is 28.9. The quantitative estimate of drug-likeness (QED) is 0.179. The Hall–Kier alpha value is -1.15. The second-order valence-electron chi connectivity index (χ2n) is 8.43. The molecule has 3 atom stereocenters. The molecular formula is C22H42O7S. The van der Waals surface area contributed by atoms with E-state index < -0.39 is 33.7 Å². The molecule has 0 bridgehead atoms. The molecule has 0 aliphatic rings. The smallest absolute Gasteiger partial charge is 0.327 e. The van der Waals surface area contributed by atoms with E-state index in [1.807, 2.05) is 13.8 Å². The molecule has 30 heavy (non-hydrogen) atoms. The minimum absolute atomic E-state index is 0.0564. The molecule has 0 spiro atoms. The van der Waals surface area contributed by atoms with E-state index in [1.165, 1.54) is 6.42 Å². The van der Waals surface area contributed by atoms with E-state index >= 15 is 0 Å². The summed E-state index contributed by atoms with van der Waals surface area (Å²) in [5, 5.41) is -1.95. The lowest BCUT2D eigenvalue weighted by Gasteiger charge is -2.17. The summed E-state index contributed by atoms with van der Waals surface area (Å²) in [5.74, 6) is -1.71. The fourth-order valence-electron chi connectivity index (χ4n) is 3.08. The second kappa shape index (κ2) is 16.5. The zero-order chi connectivity index (χ0) is 23.0. The molecule has 3 unspecified atom stereocenters. The van der Waals surface area contributed by atoms with Gasteiger partial charge < -0.3 is 9.47 Å². The van der Waals surface area contributed by atoms with Gasteiger partial charge in [-0.2, -0.15) is 8.42 Å². The van der Waals surface area contributed by atoms with Gasteiger partial charge in [0, 0.05) is 0 Å². The van der Waals surface area contributed by atoms with Crippen molar-refractivity contribution >= 4 is 22.1 Å². The van der Waals surface area contributed by atoms with Crippen molar-refractivity contribution < 1.29 is 32.0 Å². The van der Waals surface area contributed by atoms with E-state index in [4.69, 9.17) is 9.47 Å². The predicted molar refractivity (Wildman–Crippen MR) is 118 cm³/mol. The Labute approximate surface area is 183 Å². The highest BCUT2D eigenvalue weighted by molar-refractivity contribution is 7.87. The maximum absolute atomic E-state index is 12.2. The van der Waals surface area contributed by atoms with Crippen LogP contribution in [0.4, 0.5) is 0 Å². The topological polar surface area (TPSA) is 107 Å². The zero-order valence-electron chi connectivity index (χ0n) is 19.2. The Bertz CT molecular complexity index is 574. The number of esters is 2. The first-order chi connectivity index (χ1) is 14.1. The van der Waals surface area contributed by atoms with Crippen LogP contribution in [0.2, 0.25) is 0 Å². The Morgan fingerprint density at radius 2 is 1.27 bits per heavy atom. The number of unbranched alkanes of at least 4 members (excludes halogenated alkanes) is 6. The highest BCUT2D eigenvalue weighted by atomic mass is 32.2. The van der Waals surface area contributed by atoms with Gasteiger partial charge in [-0.05, 0) is 24.7 Å². The number of hydrogen-bond donors (Lipinski definition) is 1. The molecule has 0 aliphatic carbocycles. The first-order valence-corrected chi connectivity index (χ1v) is 12.9. The van der Waals surface area contributed by atoms with Gasteiger partial charge in [0.25, 0.3) is 10.1 Å². The van der Waals surface area contributed by atoms with E-state index in [0.717, 1.165) is 57.8 Å². The molecule has 178 valence electrons. The van der Waals surface area contributed by atoms with Crippen LogP contribution < -0.4 is 0 Å². The SMILES string of the molecule is CCCCCCC(C)COC(=O)CC(C(=O)OCC(C)CCCCCC)S(=O)(=O)O. The van der Waals surface area contributed by atoms with Gasteiger partial charge in [0.2, 0.25) is 0 Å². The molecular weight excluding hydrogens is 408 g/mol. The molecule has 0 rings (SSSR count). The van der Waals surface area contributed by atoms with Crippen LogP contribution in [-0.4, -0.2) is 43.4 Å². The average Bonchev–Trinajstić information content (AvgIpc) is 2.68. The fraction of sp³-hybridized carbons (Fsp3) is 0.909. The van der Waals surface area contributed by atoms with Crippen LogP contribution in [0.25, 0.3) is 0 Å². The Morgan fingerprint density at radius 1 is 0.800 bits per heavy atom. The minimum Gasteiger partial charge on any atom is -0.465 e. The maximum Gasteiger partial charge on any atom is 0.327 e. The lowest BCUT2D eigenvalue weighted by molar-refractivity contribution is -0.151. The minimum atomic E-state index is -4.77. The fourth-order valence-corrected chi connectivity index (χ4v) is 3.74. The average molecular weight is 451 g/mol. The summed E-state index contributed by atoms with van der Waals surface area (Å²) >= 11 is 0. The van der Waals surface area contributed by atoms with Gasteiger partial charge in [-0.1, -0.05) is 79.1 Å². The van der Waals surface area contributed by atoms with Crippen molar-refractivity contribution in [3.05, 3.63) is 0 Å². The highest BCUT2D eigenvalue weighted by Crippen LogP contribution is 2.15. The van der Waals surface area contributed by atoms with Crippen LogP contribution in [0.5, 0.6) is 0 Å². The number of carbonyl (C=O) groups is 2. The third-order valence-electron chi connectivity index (χ3n) is 5.11. The Balaban J connectivity index is 4.43. The van der Waals surface area contributed by atoms with Gasteiger partial charge in [-0.15, -0.1) is 0 Å². The van der Waals surface area contributed by atoms with Crippen LogP contribution in [-0.2, 0) is 29.2 Å². The van der Waals surface area contributed by atoms with Gasteiger partial charge in [0.1, 0.15) is 0 Å². The molecule has 0 aromatic heterocycles. The molecule has 0 fully saturated rings. The standard InChI is InChI=1S/C22H42O7S/c1-5-7-9-11-13-18(3)16-28-21(23)15-20(30(25,26)27)22(24)29-17-19(4)14-12-10-8-6-2/h18-20H,5-17H2,1-4H3,(H,25,26,27). The molecule has 0 amide bonds. The molecule has 0 saturated heterocycles. The Kier molecular flexibility index (Phi) is 15.9. The van der Waals surface area contributed by atoms with Gasteiger partial charge in [-0.3, -0.25) is 14.1 Å². The lowest BCUT2D eigenvalue weighted by Crippen LogP contribution is -2.35. The van der Waals surface area contributed by atoms with E-state index in [9.17, 15) is 22.6 Å². The third kappa shape index (κ3) is 14.8. The maximum atomic E-state index is 12.2. The summed E-state index contributed by atoms with van der Waals surface area (Å²) in [4.78, 5) is 24.2. The summed E-state index contributed by atoms with van der Waals surface area (Å²) in [6, 6.07) is 0. The summed E-state index contributed by atoms with van der Waals surface area (Å²) in [6.45, 7) is 8.34. The summed E-state index contributed by atoms with van der Waals surface area (Å²) in [5.41, 5.74) is 0. The first-order valence-electron chi connectivity index (χ1n) is 11.4. The molecule has 0 aromatic rings. The number of carbonyl (C=O) groups excluding carboxylic acids is 2. The predicted octanol–water partition coefficient (Wildman–Crippen LogP) is 4.93. The van der Waals surface area contributed by atoms with E-state index in [0.29, 0.717) is 0 Å². The van der Waals surface area contributed by atoms with Crippen LogP contribution in [0, 0.1) is 11.8 Å². The monoisotopic (exact) mass is 450 g/mol. The molecule has 0 saturated carbocycles. The van der Waals surface area contributed by atoms with Gasteiger partial charge in [0.05, 0.1) is 19.6 Å². The molecule has 0 aliphatic heterocycles. The summed E-state index contributed by atoms with van der Waals surface area (Å²) in [6.07, 6.45) is 9.91. The van der Waals surface area contributed by atoms with Crippen molar-refractivity contribution in [2.75, 3.05) is 13.2 Å².